The summed E-state index contributed by atoms with van der Waals surface area (Å²) in [5.74, 6) is 0.693. The molecule has 0 aromatic rings. The van der Waals surface area contributed by atoms with Gasteiger partial charge in [-0.05, 0) is 0 Å². The summed E-state index contributed by atoms with van der Waals surface area (Å²) in [5, 5.41) is 2.93. The molecule has 1 aliphatic rings. The van der Waals surface area contributed by atoms with Gasteiger partial charge in [0.2, 0.25) is 0 Å². The van der Waals surface area contributed by atoms with E-state index in [1.165, 1.54) is 7.11 Å². The van der Waals surface area contributed by atoms with E-state index in [4.69, 9.17) is 0 Å². The molecule has 1 saturated heterocycles. The molecule has 0 radical (unpaired) electrons. The average Bonchev–Trinajstić information content (AvgIpc) is 2.03. The Labute approximate surface area is 67.8 Å². The van der Waals surface area contributed by atoms with Gasteiger partial charge in [0, 0.05) is 28.9 Å². The Hall–Kier alpha value is -0.420. The SMILES string of the molecule is COC(=O)C1CS(=O)CCN1. The van der Waals surface area contributed by atoms with Crippen LogP contribution in [0.4, 0.5) is 0 Å². The van der Waals surface area contributed by atoms with Crippen molar-refractivity contribution < 1.29 is 13.7 Å². The summed E-state index contributed by atoms with van der Waals surface area (Å²) in [5.41, 5.74) is 0. The minimum absolute atomic E-state index is 0.321. The van der Waals surface area contributed by atoms with Gasteiger partial charge in [-0.25, -0.2) is 0 Å². The van der Waals surface area contributed by atoms with Gasteiger partial charge in [-0.3, -0.25) is 9.00 Å². The Morgan fingerprint density at radius 3 is 3.00 bits per heavy atom. The third-order valence-corrected chi connectivity index (χ3v) is 2.92. The third-order valence-electron chi connectivity index (χ3n) is 1.56. The maximum absolute atomic E-state index is 11.0. The summed E-state index contributed by atoms with van der Waals surface area (Å²) in [6.45, 7) is 0.631. The van der Waals surface area contributed by atoms with Crippen molar-refractivity contribution in [1.29, 1.82) is 0 Å². The van der Waals surface area contributed by atoms with E-state index in [0.29, 0.717) is 18.1 Å². The first kappa shape index (κ1) is 8.67. The lowest BCUT2D eigenvalue weighted by Gasteiger charge is -2.20. The zero-order chi connectivity index (χ0) is 8.27. The molecule has 1 rings (SSSR count). The van der Waals surface area contributed by atoms with E-state index in [1.807, 2.05) is 0 Å². The van der Waals surface area contributed by atoms with Crippen LogP contribution in [0.2, 0.25) is 0 Å². The molecular weight excluding hydrogens is 166 g/mol. The van der Waals surface area contributed by atoms with E-state index in [2.05, 4.69) is 10.1 Å². The molecule has 0 aromatic carbocycles. The quantitative estimate of drug-likeness (QED) is 0.515. The van der Waals surface area contributed by atoms with Gasteiger partial charge in [0.25, 0.3) is 0 Å². The van der Waals surface area contributed by atoms with E-state index in [9.17, 15) is 9.00 Å². The number of hydrogen-bond donors (Lipinski definition) is 1. The number of ether oxygens (including phenoxy) is 1. The summed E-state index contributed by atoms with van der Waals surface area (Å²) in [6.07, 6.45) is 0. The second-order valence-electron chi connectivity index (χ2n) is 2.34. The van der Waals surface area contributed by atoms with E-state index in [-0.39, 0.29) is 12.0 Å². The van der Waals surface area contributed by atoms with Gasteiger partial charge >= 0.3 is 5.97 Å². The largest absolute Gasteiger partial charge is 0.468 e. The summed E-state index contributed by atoms with van der Waals surface area (Å²) in [6, 6.07) is -0.366. The van der Waals surface area contributed by atoms with Crippen LogP contribution in [0.5, 0.6) is 0 Å². The maximum atomic E-state index is 11.0. The lowest BCUT2D eigenvalue weighted by Crippen LogP contribution is -2.48. The van der Waals surface area contributed by atoms with Crippen LogP contribution in [-0.2, 0) is 20.3 Å². The predicted octanol–water partition coefficient (Wildman–Crippen LogP) is -1.12. The monoisotopic (exact) mass is 177 g/mol. The molecule has 11 heavy (non-hydrogen) atoms. The normalized spacial score (nSPS) is 31.4. The first-order valence-electron chi connectivity index (χ1n) is 3.40. The zero-order valence-corrected chi connectivity index (χ0v) is 7.15. The fraction of sp³-hybridized carbons (Fsp3) is 0.833. The molecule has 0 spiro atoms. The molecule has 0 aliphatic carbocycles. The molecular formula is C6H11NO3S. The highest BCUT2D eigenvalue weighted by Crippen LogP contribution is 1.98. The molecule has 4 nitrogen and oxygen atoms in total. The first-order valence-corrected chi connectivity index (χ1v) is 4.89. The number of methoxy groups -OCH3 is 1. The molecule has 1 aliphatic heterocycles. The summed E-state index contributed by atoms with van der Waals surface area (Å²) >= 11 is 0. The molecule has 1 fully saturated rings. The van der Waals surface area contributed by atoms with Crippen molar-refractivity contribution in [3.63, 3.8) is 0 Å². The molecule has 64 valence electrons. The van der Waals surface area contributed by atoms with Crippen LogP contribution >= 0.6 is 0 Å². The fourth-order valence-corrected chi connectivity index (χ4v) is 2.11. The molecule has 2 atom stereocenters. The van der Waals surface area contributed by atoms with Crippen LogP contribution in [0.15, 0.2) is 0 Å². The minimum Gasteiger partial charge on any atom is -0.468 e. The second-order valence-corrected chi connectivity index (χ2v) is 3.96. The highest BCUT2D eigenvalue weighted by Gasteiger charge is 2.24. The molecule has 0 amide bonds. The number of hydrogen-bond acceptors (Lipinski definition) is 4. The summed E-state index contributed by atoms with van der Waals surface area (Å²) < 4.78 is 15.5. The van der Waals surface area contributed by atoms with Crippen LogP contribution in [-0.4, -0.2) is 41.4 Å². The Morgan fingerprint density at radius 2 is 2.45 bits per heavy atom. The molecule has 1 N–H and O–H groups in total. The van der Waals surface area contributed by atoms with Gasteiger partial charge in [-0.1, -0.05) is 0 Å². The predicted molar refractivity (Wildman–Crippen MR) is 41.7 cm³/mol. The van der Waals surface area contributed by atoms with E-state index < -0.39 is 10.8 Å². The summed E-state index contributed by atoms with van der Waals surface area (Å²) in [7, 11) is 0.479. The molecule has 2 unspecified atom stereocenters. The highest BCUT2D eigenvalue weighted by atomic mass is 32.2. The van der Waals surface area contributed by atoms with Crippen molar-refractivity contribution >= 4 is 16.8 Å². The van der Waals surface area contributed by atoms with Crippen LogP contribution in [0.1, 0.15) is 0 Å². The second kappa shape index (κ2) is 3.82. The van der Waals surface area contributed by atoms with Gasteiger partial charge in [0.1, 0.15) is 6.04 Å². The van der Waals surface area contributed by atoms with Crippen LogP contribution < -0.4 is 5.32 Å². The molecule has 0 aromatic heterocycles. The molecule has 1 heterocycles. The Kier molecular flexibility index (Phi) is 3.02. The molecule has 0 bridgehead atoms. The van der Waals surface area contributed by atoms with Gasteiger partial charge in [-0.2, -0.15) is 0 Å². The highest BCUT2D eigenvalue weighted by molar-refractivity contribution is 7.85. The van der Waals surface area contributed by atoms with E-state index in [0.717, 1.165) is 0 Å². The first-order chi connectivity index (χ1) is 5.24. The van der Waals surface area contributed by atoms with Crippen LogP contribution in [0.25, 0.3) is 0 Å². The number of esters is 1. The standard InChI is InChI=1S/C6H11NO3S/c1-10-6(8)5-4-11(9)3-2-7-5/h5,7H,2-4H2,1H3. The lowest BCUT2D eigenvalue weighted by molar-refractivity contribution is -0.142. The lowest BCUT2D eigenvalue weighted by atomic mass is 10.3. The Balaban J connectivity index is 2.45. The average molecular weight is 177 g/mol. The van der Waals surface area contributed by atoms with Crippen molar-refractivity contribution in [1.82, 2.24) is 5.32 Å². The number of carbonyl (C=O) groups excluding carboxylic acids is 1. The van der Waals surface area contributed by atoms with Crippen LogP contribution in [0.3, 0.4) is 0 Å². The van der Waals surface area contributed by atoms with Crippen LogP contribution in [0, 0.1) is 0 Å². The summed E-state index contributed by atoms with van der Waals surface area (Å²) in [4.78, 5) is 10.9. The molecule has 0 saturated carbocycles. The van der Waals surface area contributed by atoms with E-state index >= 15 is 0 Å². The van der Waals surface area contributed by atoms with Crippen molar-refractivity contribution in [2.75, 3.05) is 25.2 Å². The zero-order valence-electron chi connectivity index (χ0n) is 6.33. The maximum Gasteiger partial charge on any atom is 0.323 e. The fourth-order valence-electron chi connectivity index (χ4n) is 0.969. The van der Waals surface area contributed by atoms with Gasteiger partial charge in [0.05, 0.1) is 7.11 Å². The smallest absolute Gasteiger partial charge is 0.323 e. The van der Waals surface area contributed by atoms with Crippen molar-refractivity contribution in [2.45, 2.75) is 6.04 Å². The van der Waals surface area contributed by atoms with Gasteiger partial charge in [0.15, 0.2) is 0 Å². The topological polar surface area (TPSA) is 55.4 Å². The van der Waals surface area contributed by atoms with Crippen molar-refractivity contribution in [3.05, 3.63) is 0 Å². The van der Waals surface area contributed by atoms with Crippen molar-refractivity contribution in [2.24, 2.45) is 0 Å². The molecule has 5 heteroatoms. The number of rotatable bonds is 1. The number of carbonyl (C=O) groups is 1. The minimum atomic E-state index is -0.856. The van der Waals surface area contributed by atoms with Crippen molar-refractivity contribution in [3.8, 4) is 0 Å². The van der Waals surface area contributed by atoms with Gasteiger partial charge in [-0.15, -0.1) is 0 Å². The third kappa shape index (κ3) is 2.27. The Bertz CT molecular complexity index is 183. The van der Waals surface area contributed by atoms with Gasteiger partial charge < -0.3 is 10.1 Å². The Morgan fingerprint density at radius 1 is 1.73 bits per heavy atom. The van der Waals surface area contributed by atoms with E-state index in [1.54, 1.807) is 0 Å². The number of nitrogens with one attached hydrogen (secondary N) is 1.